The third-order valence-corrected chi connectivity index (χ3v) is 7.33. The fourth-order valence-corrected chi connectivity index (χ4v) is 5.39. The second-order valence-electron chi connectivity index (χ2n) is 11.2. The van der Waals surface area contributed by atoms with Crippen molar-refractivity contribution >= 4 is 23.8 Å². The molecule has 1 aliphatic rings. The van der Waals surface area contributed by atoms with Crippen LogP contribution in [0.1, 0.15) is 60.8 Å². The van der Waals surface area contributed by atoms with E-state index in [1.165, 1.54) is 12.1 Å². The van der Waals surface area contributed by atoms with Crippen molar-refractivity contribution in [2.24, 2.45) is 0 Å². The Morgan fingerprint density at radius 3 is 1.56 bits per heavy atom. The number of amides is 2. The number of hydrogen-bond acceptors (Lipinski definition) is 9. The van der Waals surface area contributed by atoms with E-state index in [0.717, 1.165) is 22.5 Å². The van der Waals surface area contributed by atoms with Gasteiger partial charge in [0.15, 0.2) is 0 Å². The summed E-state index contributed by atoms with van der Waals surface area (Å²) in [5, 5.41) is 44.4. The van der Waals surface area contributed by atoms with E-state index in [0.29, 0.717) is 56.8 Å². The number of carbonyl (C=O) groups excluding carboxylic acids is 2. The molecule has 3 aromatic rings. The van der Waals surface area contributed by atoms with E-state index in [9.17, 15) is 29.4 Å². The van der Waals surface area contributed by atoms with Crippen molar-refractivity contribution in [1.29, 1.82) is 0 Å². The molecule has 0 unspecified atom stereocenters. The van der Waals surface area contributed by atoms with Gasteiger partial charge < -0.3 is 31.1 Å². The number of aromatic hydroxyl groups is 2. The molecule has 0 aliphatic carbocycles. The summed E-state index contributed by atoms with van der Waals surface area (Å²) in [5.41, 5.74) is 4.18. The molecular formula is C32H37N5O8. The summed E-state index contributed by atoms with van der Waals surface area (Å²) < 4.78 is 0. The average Bonchev–Trinajstić information content (AvgIpc) is 2.97. The number of phenols is 2. The van der Waals surface area contributed by atoms with Crippen LogP contribution < -0.4 is 10.6 Å². The number of hydrogen-bond donors (Lipinski definition) is 6. The molecule has 238 valence electrons. The van der Waals surface area contributed by atoms with Gasteiger partial charge >= 0.3 is 11.9 Å². The maximum Gasteiger partial charge on any atom is 0.322 e. The molecule has 13 heteroatoms. The van der Waals surface area contributed by atoms with Crippen LogP contribution in [0.3, 0.4) is 0 Å². The molecule has 6 N–H and O–H groups in total. The molecule has 0 saturated heterocycles. The minimum Gasteiger partial charge on any atom is -0.507 e. The molecule has 1 aliphatic heterocycles. The third-order valence-electron chi connectivity index (χ3n) is 7.33. The number of aryl methyl sites for hydroxylation is 2. The Kier molecular flexibility index (Phi) is 10.7. The zero-order valence-electron chi connectivity index (χ0n) is 25.2. The van der Waals surface area contributed by atoms with Gasteiger partial charge in [-0.1, -0.05) is 18.2 Å². The number of carboxylic acid groups (broad SMARTS) is 2. The highest BCUT2D eigenvalue weighted by molar-refractivity contribution is 5.99. The minimum absolute atomic E-state index is 0.00703. The van der Waals surface area contributed by atoms with Crippen molar-refractivity contribution in [3.8, 4) is 11.5 Å². The summed E-state index contributed by atoms with van der Waals surface area (Å²) in [6.45, 7) is 5.30. The Morgan fingerprint density at radius 1 is 0.733 bits per heavy atom. The van der Waals surface area contributed by atoms with Gasteiger partial charge in [-0.05, 0) is 55.7 Å². The second kappa shape index (κ2) is 14.6. The van der Waals surface area contributed by atoms with E-state index in [2.05, 4.69) is 20.4 Å². The number of aromatic nitrogens is 1. The molecule has 0 spiro atoms. The first-order valence-corrected chi connectivity index (χ1v) is 14.4. The quantitative estimate of drug-likeness (QED) is 0.195. The van der Waals surface area contributed by atoms with Gasteiger partial charge in [0.2, 0.25) is 0 Å². The molecule has 0 atom stereocenters. The maximum atomic E-state index is 12.6. The topological polar surface area (TPSA) is 193 Å². The molecular weight excluding hydrogens is 582 g/mol. The fraction of sp³-hybridized carbons (Fsp3) is 0.344. The second-order valence-corrected chi connectivity index (χ2v) is 11.2. The molecule has 4 rings (SSSR count). The van der Waals surface area contributed by atoms with Gasteiger partial charge in [0, 0.05) is 50.4 Å². The van der Waals surface area contributed by atoms with Crippen LogP contribution in [0, 0.1) is 13.8 Å². The molecule has 2 heterocycles. The molecule has 13 nitrogen and oxygen atoms in total. The van der Waals surface area contributed by atoms with Crippen LogP contribution in [0.5, 0.6) is 11.5 Å². The Bertz CT molecular complexity index is 1500. The number of pyridine rings is 1. The number of rotatable bonds is 10. The predicted octanol–water partition coefficient (Wildman–Crippen LogP) is 2.15. The number of nitrogens with one attached hydrogen (secondary N) is 2. The van der Waals surface area contributed by atoms with Gasteiger partial charge in [-0.15, -0.1) is 0 Å². The highest BCUT2D eigenvalue weighted by atomic mass is 16.4. The van der Waals surface area contributed by atoms with E-state index >= 15 is 0 Å². The Morgan fingerprint density at radius 2 is 1.16 bits per heavy atom. The van der Waals surface area contributed by atoms with Gasteiger partial charge in [-0.3, -0.25) is 34.0 Å². The summed E-state index contributed by atoms with van der Waals surface area (Å²) in [7, 11) is 0. The number of benzene rings is 2. The first-order valence-electron chi connectivity index (χ1n) is 14.4. The number of carbonyl (C=O) groups is 4. The van der Waals surface area contributed by atoms with E-state index in [-0.39, 0.29) is 22.6 Å². The zero-order valence-corrected chi connectivity index (χ0v) is 25.2. The summed E-state index contributed by atoms with van der Waals surface area (Å²) in [5.74, 6) is -4.14. The molecule has 2 aromatic carbocycles. The predicted molar refractivity (Wildman–Crippen MR) is 163 cm³/mol. The van der Waals surface area contributed by atoms with Crippen LogP contribution in [0.15, 0.2) is 42.5 Å². The highest BCUT2D eigenvalue weighted by Gasteiger charge is 2.22. The van der Waals surface area contributed by atoms with Crippen LogP contribution in [-0.2, 0) is 35.8 Å². The lowest BCUT2D eigenvalue weighted by molar-refractivity contribution is -0.136. The van der Waals surface area contributed by atoms with Crippen molar-refractivity contribution in [3.63, 3.8) is 0 Å². The lowest BCUT2D eigenvalue weighted by Gasteiger charge is -2.28. The Hall–Kier alpha value is -5.01. The van der Waals surface area contributed by atoms with Crippen molar-refractivity contribution < 1.29 is 39.6 Å². The standard InChI is InChI=1S/C32H37N5O8/c1-19-9-21(29(42)25(11-19)31(44)33-13-27(38)39)15-36-7-4-8-37(18-24-6-3-5-23(17-36)35-24)16-22-10-20(2)12-26(30(22)43)32(45)34-14-28(40)41/h3,5-6,9-12,42-43H,4,7-8,13-18H2,1-2H3,(H,33,44)(H,34,45)(H,38,39)(H,40,41). The van der Waals surface area contributed by atoms with Crippen LogP contribution >= 0.6 is 0 Å². The van der Waals surface area contributed by atoms with Gasteiger partial charge in [-0.2, -0.15) is 0 Å². The lowest BCUT2D eigenvalue weighted by Crippen LogP contribution is -2.32. The van der Waals surface area contributed by atoms with E-state index in [4.69, 9.17) is 15.2 Å². The van der Waals surface area contributed by atoms with Gasteiger partial charge in [0.1, 0.15) is 24.6 Å². The van der Waals surface area contributed by atoms with Crippen molar-refractivity contribution in [2.45, 2.75) is 46.4 Å². The van der Waals surface area contributed by atoms with Crippen LogP contribution in [0.4, 0.5) is 0 Å². The molecule has 2 bridgehead atoms. The Labute approximate surface area is 260 Å². The highest BCUT2D eigenvalue weighted by Crippen LogP contribution is 2.29. The first kappa shape index (κ1) is 32.9. The van der Waals surface area contributed by atoms with E-state index in [1.807, 2.05) is 18.2 Å². The van der Waals surface area contributed by atoms with Crippen LogP contribution in [-0.4, -0.2) is 85.1 Å². The normalized spacial score (nSPS) is 14.0. The molecule has 1 aromatic heterocycles. The largest absolute Gasteiger partial charge is 0.507 e. The third kappa shape index (κ3) is 9.00. The number of phenolic OH excluding ortho intramolecular Hbond substituents is 2. The van der Waals surface area contributed by atoms with Gasteiger partial charge in [0.05, 0.1) is 22.5 Å². The number of nitrogens with zero attached hydrogens (tertiary/aromatic N) is 3. The summed E-state index contributed by atoms with van der Waals surface area (Å²) in [4.78, 5) is 56.0. The van der Waals surface area contributed by atoms with Crippen LogP contribution in [0.25, 0.3) is 0 Å². The van der Waals surface area contributed by atoms with E-state index in [1.54, 1.807) is 26.0 Å². The zero-order chi connectivity index (χ0) is 32.7. The first-order chi connectivity index (χ1) is 21.4. The summed E-state index contributed by atoms with van der Waals surface area (Å²) in [6, 6.07) is 12.4. The van der Waals surface area contributed by atoms with E-state index < -0.39 is 36.8 Å². The molecule has 2 amide bonds. The van der Waals surface area contributed by atoms with Crippen molar-refractivity contribution in [2.75, 3.05) is 26.2 Å². The molecule has 0 radical (unpaired) electrons. The average molecular weight is 620 g/mol. The number of aliphatic carboxylic acids is 2. The SMILES string of the molecule is Cc1cc(CN2CCCN(Cc3cc(C)cc(C(=O)NCC(=O)O)c3O)Cc3cccc(n3)C2)c(O)c(C(=O)NCC(=O)O)c1. The molecule has 0 saturated carbocycles. The summed E-state index contributed by atoms with van der Waals surface area (Å²) >= 11 is 0. The molecule has 45 heavy (non-hydrogen) atoms. The Balaban J connectivity index is 1.54. The summed E-state index contributed by atoms with van der Waals surface area (Å²) in [6.07, 6.45) is 0.710. The number of fused-ring (bicyclic) bond motifs is 2. The maximum absolute atomic E-state index is 12.6. The monoisotopic (exact) mass is 619 g/mol. The molecule has 0 fully saturated rings. The van der Waals surface area contributed by atoms with Crippen molar-refractivity contribution in [1.82, 2.24) is 25.4 Å². The smallest absolute Gasteiger partial charge is 0.322 e. The minimum atomic E-state index is -1.19. The van der Waals surface area contributed by atoms with Crippen LogP contribution in [0.2, 0.25) is 0 Å². The fourth-order valence-electron chi connectivity index (χ4n) is 5.39. The number of carboxylic acids is 2. The van der Waals surface area contributed by atoms with Gasteiger partial charge in [-0.25, -0.2) is 0 Å². The lowest BCUT2D eigenvalue weighted by atomic mass is 10.0. The van der Waals surface area contributed by atoms with Crippen molar-refractivity contribution in [3.05, 3.63) is 87.2 Å². The van der Waals surface area contributed by atoms with Gasteiger partial charge in [0.25, 0.3) is 11.8 Å².